The lowest BCUT2D eigenvalue weighted by atomic mass is 9.74. The summed E-state index contributed by atoms with van der Waals surface area (Å²) >= 11 is 0. The third kappa shape index (κ3) is 3.52. The van der Waals surface area contributed by atoms with Crippen LogP contribution in [0.5, 0.6) is 0 Å². The summed E-state index contributed by atoms with van der Waals surface area (Å²) in [7, 11) is 0. The number of carbonyl (C=O) groups is 1. The zero-order valence-electron chi connectivity index (χ0n) is 9.92. The molecule has 0 aliphatic rings. The molecule has 0 saturated heterocycles. The van der Waals surface area contributed by atoms with Gasteiger partial charge in [0.1, 0.15) is 0 Å². The Hall–Kier alpha value is -0.790. The molecule has 0 bridgehead atoms. The van der Waals surface area contributed by atoms with Gasteiger partial charge in [-0.15, -0.1) is 0 Å². The minimum atomic E-state index is -0.810. The first kappa shape index (κ1) is 13.2. The van der Waals surface area contributed by atoms with Crippen LogP contribution in [-0.2, 0) is 4.79 Å². The third-order valence-corrected chi connectivity index (χ3v) is 3.14. The summed E-state index contributed by atoms with van der Waals surface area (Å²) in [5.74, 6) is -0.459. The number of hydrogen-bond acceptors (Lipinski definition) is 1. The van der Waals surface area contributed by atoms with E-state index in [2.05, 4.69) is 27.7 Å². The van der Waals surface area contributed by atoms with E-state index in [1.165, 1.54) is 0 Å². The van der Waals surface area contributed by atoms with Crippen LogP contribution in [0.3, 0.4) is 0 Å². The SMILES string of the molecule is CCC(C=C(C)C(=O)O)C(C)(C)CC. The first-order valence-electron chi connectivity index (χ1n) is 5.26. The van der Waals surface area contributed by atoms with Gasteiger partial charge in [0.15, 0.2) is 0 Å². The highest BCUT2D eigenvalue weighted by Crippen LogP contribution is 2.34. The molecule has 0 aromatic heterocycles. The minimum Gasteiger partial charge on any atom is -0.478 e. The van der Waals surface area contributed by atoms with Crippen LogP contribution in [0.4, 0.5) is 0 Å². The van der Waals surface area contributed by atoms with E-state index in [1.807, 2.05) is 6.08 Å². The fourth-order valence-corrected chi connectivity index (χ4v) is 1.53. The van der Waals surface area contributed by atoms with Crippen LogP contribution >= 0.6 is 0 Å². The molecule has 0 heterocycles. The first-order chi connectivity index (χ1) is 6.35. The number of hydrogen-bond donors (Lipinski definition) is 1. The van der Waals surface area contributed by atoms with Gasteiger partial charge < -0.3 is 5.11 Å². The van der Waals surface area contributed by atoms with Gasteiger partial charge in [-0.25, -0.2) is 4.79 Å². The van der Waals surface area contributed by atoms with Gasteiger partial charge >= 0.3 is 5.97 Å². The molecule has 0 fully saturated rings. The molecule has 0 aromatic rings. The molecule has 0 aliphatic carbocycles. The van der Waals surface area contributed by atoms with Gasteiger partial charge in [0.25, 0.3) is 0 Å². The molecule has 0 radical (unpaired) electrons. The fraction of sp³-hybridized carbons (Fsp3) is 0.750. The Bertz CT molecular complexity index is 226. The minimum absolute atomic E-state index is 0.186. The van der Waals surface area contributed by atoms with Crippen molar-refractivity contribution in [3.05, 3.63) is 11.6 Å². The molecule has 0 aromatic carbocycles. The Kier molecular flexibility index (Phi) is 4.89. The lowest BCUT2D eigenvalue weighted by Gasteiger charge is -2.30. The molecule has 0 amide bonds. The normalized spacial score (nSPS) is 15.4. The molecule has 0 spiro atoms. The van der Waals surface area contributed by atoms with Crippen molar-refractivity contribution in [1.29, 1.82) is 0 Å². The molecule has 1 atom stereocenters. The second-order valence-electron chi connectivity index (χ2n) is 4.51. The summed E-state index contributed by atoms with van der Waals surface area (Å²) in [6.07, 6.45) is 3.95. The maximum Gasteiger partial charge on any atom is 0.330 e. The maximum atomic E-state index is 10.7. The zero-order valence-corrected chi connectivity index (χ0v) is 9.92. The van der Waals surface area contributed by atoms with Gasteiger partial charge in [0.2, 0.25) is 0 Å². The standard InChI is InChI=1S/C12H22O2/c1-6-10(12(4,5)7-2)8-9(3)11(13)14/h8,10H,6-7H2,1-5H3,(H,13,14). The molecule has 2 nitrogen and oxygen atoms in total. The van der Waals surface area contributed by atoms with Gasteiger partial charge in [-0.1, -0.05) is 40.2 Å². The largest absolute Gasteiger partial charge is 0.478 e. The zero-order chi connectivity index (χ0) is 11.4. The van der Waals surface area contributed by atoms with Crippen LogP contribution in [-0.4, -0.2) is 11.1 Å². The number of allylic oxidation sites excluding steroid dienone is 1. The lowest BCUT2D eigenvalue weighted by molar-refractivity contribution is -0.132. The number of rotatable bonds is 5. The van der Waals surface area contributed by atoms with E-state index in [9.17, 15) is 4.79 Å². The van der Waals surface area contributed by atoms with E-state index in [-0.39, 0.29) is 5.41 Å². The van der Waals surface area contributed by atoms with Crippen LogP contribution < -0.4 is 0 Å². The molecule has 0 aliphatic heterocycles. The Morgan fingerprint density at radius 1 is 1.43 bits per heavy atom. The van der Waals surface area contributed by atoms with E-state index >= 15 is 0 Å². The van der Waals surface area contributed by atoms with E-state index in [0.717, 1.165) is 12.8 Å². The highest BCUT2D eigenvalue weighted by molar-refractivity contribution is 5.85. The third-order valence-electron chi connectivity index (χ3n) is 3.14. The van der Waals surface area contributed by atoms with Crippen LogP contribution in [0.1, 0.15) is 47.5 Å². The Morgan fingerprint density at radius 3 is 2.21 bits per heavy atom. The number of aliphatic carboxylic acids is 1. The smallest absolute Gasteiger partial charge is 0.330 e. The van der Waals surface area contributed by atoms with Gasteiger partial charge in [-0.2, -0.15) is 0 Å². The van der Waals surface area contributed by atoms with Crippen molar-refractivity contribution < 1.29 is 9.90 Å². The van der Waals surface area contributed by atoms with E-state index in [0.29, 0.717) is 11.5 Å². The average Bonchev–Trinajstić information content (AvgIpc) is 2.13. The van der Waals surface area contributed by atoms with Gasteiger partial charge in [0.05, 0.1) is 0 Å². The quantitative estimate of drug-likeness (QED) is 0.687. The molecular formula is C12H22O2. The molecule has 1 unspecified atom stereocenters. The van der Waals surface area contributed by atoms with E-state index in [4.69, 9.17) is 5.11 Å². The van der Waals surface area contributed by atoms with Crippen molar-refractivity contribution in [2.45, 2.75) is 47.5 Å². The second kappa shape index (κ2) is 5.18. The Morgan fingerprint density at radius 2 is 1.93 bits per heavy atom. The maximum absolute atomic E-state index is 10.7. The summed E-state index contributed by atoms with van der Waals surface area (Å²) in [5.41, 5.74) is 0.643. The van der Waals surface area contributed by atoms with Crippen molar-refractivity contribution in [2.75, 3.05) is 0 Å². The second-order valence-corrected chi connectivity index (χ2v) is 4.51. The monoisotopic (exact) mass is 198 g/mol. The summed E-state index contributed by atoms with van der Waals surface area (Å²) < 4.78 is 0. The summed E-state index contributed by atoms with van der Waals surface area (Å²) in [6, 6.07) is 0. The van der Waals surface area contributed by atoms with Crippen LogP contribution in [0, 0.1) is 11.3 Å². The summed E-state index contributed by atoms with van der Waals surface area (Å²) in [4.78, 5) is 10.7. The van der Waals surface area contributed by atoms with Gasteiger partial charge in [-0.05, 0) is 24.7 Å². The predicted molar refractivity (Wildman–Crippen MR) is 59.2 cm³/mol. The summed E-state index contributed by atoms with van der Waals surface area (Å²) in [5, 5.41) is 8.80. The summed E-state index contributed by atoms with van der Waals surface area (Å²) in [6.45, 7) is 10.3. The topological polar surface area (TPSA) is 37.3 Å². The van der Waals surface area contributed by atoms with Gasteiger partial charge in [-0.3, -0.25) is 0 Å². The fourth-order valence-electron chi connectivity index (χ4n) is 1.53. The molecular weight excluding hydrogens is 176 g/mol. The van der Waals surface area contributed by atoms with Crippen molar-refractivity contribution in [2.24, 2.45) is 11.3 Å². The first-order valence-corrected chi connectivity index (χ1v) is 5.26. The predicted octanol–water partition coefficient (Wildman–Crippen LogP) is 3.48. The molecule has 82 valence electrons. The molecule has 0 rings (SSSR count). The Labute approximate surface area is 87.0 Å². The van der Waals surface area contributed by atoms with Gasteiger partial charge in [0, 0.05) is 5.57 Å². The van der Waals surface area contributed by atoms with Crippen molar-refractivity contribution in [3.8, 4) is 0 Å². The van der Waals surface area contributed by atoms with E-state index in [1.54, 1.807) is 6.92 Å². The van der Waals surface area contributed by atoms with E-state index < -0.39 is 5.97 Å². The Balaban J connectivity index is 4.75. The number of carboxylic acid groups (broad SMARTS) is 1. The lowest BCUT2D eigenvalue weighted by Crippen LogP contribution is -2.21. The van der Waals surface area contributed by atoms with Crippen molar-refractivity contribution >= 4 is 5.97 Å². The molecule has 2 heteroatoms. The van der Waals surface area contributed by atoms with Crippen LogP contribution in [0.2, 0.25) is 0 Å². The highest BCUT2D eigenvalue weighted by atomic mass is 16.4. The molecule has 0 saturated carbocycles. The highest BCUT2D eigenvalue weighted by Gasteiger charge is 2.24. The molecule has 14 heavy (non-hydrogen) atoms. The average molecular weight is 198 g/mol. The van der Waals surface area contributed by atoms with Crippen LogP contribution in [0.25, 0.3) is 0 Å². The number of carboxylic acids is 1. The van der Waals surface area contributed by atoms with Crippen LogP contribution in [0.15, 0.2) is 11.6 Å². The van der Waals surface area contributed by atoms with Crippen molar-refractivity contribution in [1.82, 2.24) is 0 Å². The van der Waals surface area contributed by atoms with Crippen molar-refractivity contribution in [3.63, 3.8) is 0 Å². The molecule has 1 N–H and O–H groups in total.